The van der Waals surface area contributed by atoms with E-state index in [-0.39, 0.29) is 35.1 Å². The number of anilines is 1. The first-order chi connectivity index (χ1) is 16.7. The van der Waals surface area contributed by atoms with Crippen molar-refractivity contribution in [3.8, 4) is 0 Å². The number of hydrogen-bond donors (Lipinski definition) is 1. The lowest BCUT2D eigenvalue weighted by molar-refractivity contribution is -0.135. The number of benzene rings is 1. The summed E-state index contributed by atoms with van der Waals surface area (Å²) < 4.78 is 14.1. The van der Waals surface area contributed by atoms with Crippen LogP contribution in [0.15, 0.2) is 36.5 Å². The lowest BCUT2D eigenvalue weighted by atomic mass is 9.93. The summed E-state index contributed by atoms with van der Waals surface area (Å²) in [6.45, 7) is 3.38. The van der Waals surface area contributed by atoms with Crippen LogP contribution in [-0.4, -0.2) is 76.9 Å². The van der Waals surface area contributed by atoms with Gasteiger partial charge in [-0.3, -0.25) is 9.59 Å². The van der Waals surface area contributed by atoms with Crippen molar-refractivity contribution < 1.29 is 23.9 Å². The van der Waals surface area contributed by atoms with Crippen molar-refractivity contribution in [2.24, 2.45) is 5.92 Å². The summed E-state index contributed by atoms with van der Waals surface area (Å²) >= 11 is 5.83. The second-order valence-electron chi connectivity index (χ2n) is 9.21. The Bertz CT molecular complexity index is 1120. The zero-order valence-electron chi connectivity index (χ0n) is 19.7. The van der Waals surface area contributed by atoms with Gasteiger partial charge in [0.2, 0.25) is 5.91 Å². The molecule has 2 aromatic rings. The van der Waals surface area contributed by atoms with Crippen LogP contribution in [0.2, 0.25) is 5.02 Å². The molecule has 35 heavy (non-hydrogen) atoms. The minimum absolute atomic E-state index is 0.00000156. The van der Waals surface area contributed by atoms with E-state index in [0.29, 0.717) is 43.6 Å². The molecule has 8 nitrogen and oxygen atoms in total. The van der Waals surface area contributed by atoms with Gasteiger partial charge >= 0.3 is 6.09 Å². The Morgan fingerprint density at radius 3 is 2.43 bits per heavy atom. The summed E-state index contributed by atoms with van der Waals surface area (Å²) in [6.07, 6.45) is 1.76. The molecule has 2 fully saturated rings. The molecule has 0 spiro atoms. The Morgan fingerprint density at radius 2 is 1.86 bits per heavy atom. The molecule has 0 aliphatic carbocycles. The van der Waals surface area contributed by atoms with E-state index in [1.807, 2.05) is 6.07 Å². The molecule has 2 saturated heterocycles. The van der Waals surface area contributed by atoms with Crippen LogP contribution in [0.3, 0.4) is 0 Å². The Labute approximate surface area is 208 Å². The summed E-state index contributed by atoms with van der Waals surface area (Å²) in [4.78, 5) is 45.9. The topological polar surface area (TPSA) is 94.1 Å². The van der Waals surface area contributed by atoms with E-state index in [4.69, 9.17) is 11.6 Å². The van der Waals surface area contributed by atoms with E-state index >= 15 is 0 Å². The van der Waals surface area contributed by atoms with Gasteiger partial charge in [0.05, 0.1) is 11.1 Å². The number of aromatic nitrogens is 1. The maximum absolute atomic E-state index is 14.1. The average Bonchev–Trinajstić information content (AvgIpc) is 3.30. The van der Waals surface area contributed by atoms with Crippen LogP contribution in [0, 0.1) is 11.7 Å². The van der Waals surface area contributed by atoms with E-state index in [2.05, 4.69) is 9.88 Å². The molecule has 2 atom stereocenters. The predicted octanol–water partition coefficient (Wildman–Crippen LogP) is 3.90. The highest BCUT2D eigenvalue weighted by Gasteiger charge is 2.42. The Balaban J connectivity index is 1.44. The van der Waals surface area contributed by atoms with E-state index in [1.165, 1.54) is 31.0 Å². The number of carbonyl (C=O) groups excluding carboxylic acids is 2. The normalized spacial score (nSPS) is 20.7. The largest absolute Gasteiger partial charge is 0.465 e. The zero-order valence-corrected chi connectivity index (χ0v) is 20.4. The lowest BCUT2D eigenvalue weighted by Crippen LogP contribution is -2.44. The highest BCUT2D eigenvalue weighted by Crippen LogP contribution is 2.34. The fraction of sp³-hybridized carbons (Fsp3) is 0.440. The molecule has 1 N–H and O–H groups in total. The number of piperidine rings is 1. The molecule has 4 rings (SSSR count). The summed E-state index contributed by atoms with van der Waals surface area (Å²) in [5.74, 6) is -0.371. The standard InChI is InChI=1S/C25H28ClFN4O4/c1-15(32)18-4-6-23(28-12-18)30-9-7-16(8-10-30)24(33)31-13-19(22(14-31)29(2)25(34)35)17-3-5-20(26)21(27)11-17/h3-6,11-12,16,19,22H,7-10,13-14H2,1-2H3,(H,34,35)/t19-,22+/m0/s1. The molecule has 3 heterocycles. The van der Waals surface area contributed by atoms with Crippen LogP contribution < -0.4 is 4.90 Å². The number of carboxylic acid groups (broad SMARTS) is 1. The quantitative estimate of drug-likeness (QED) is 0.623. The number of nitrogens with zero attached hydrogens (tertiary/aromatic N) is 4. The van der Waals surface area contributed by atoms with Crippen molar-refractivity contribution in [1.82, 2.24) is 14.8 Å². The van der Waals surface area contributed by atoms with E-state index in [0.717, 1.165) is 5.82 Å². The average molecular weight is 503 g/mol. The number of ketones is 1. The highest BCUT2D eigenvalue weighted by atomic mass is 35.5. The molecule has 186 valence electrons. The van der Waals surface area contributed by atoms with Crippen LogP contribution in [-0.2, 0) is 4.79 Å². The number of amides is 2. The molecule has 2 aliphatic heterocycles. The predicted molar refractivity (Wildman–Crippen MR) is 129 cm³/mol. The second-order valence-corrected chi connectivity index (χ2v) is 9.61. The van der Waals surface area contributed by atoms with Crippen molar-refractivity contribution in [2.45, 2.75) is 31.7 Å². The minimum atomic E-state index is -1.10. The number of halogens is 2. The van der Waals surface area contributed by atoms with Crippen molar-refractivity contribution in [2.75, 3.05) is 38.1 Å². The number of pyridine rings is 1. The zero-order chi connectivity index (χ0) is 25.3. The number of carbonyl (C=O) groups is 3. The van der Waals surface area contributed by atoms with Gasteiger partial charge in [0.15, 0.2) is 5.78 Å². The Hall–Kier alpha value is -3.20. The monoisotopic (exact) mass is 502 g/mol. The second kappa shape index (κ2) is 10.2. The number of likely N-dealkylation sites (tertiary alicyclic amines) is 1. The molecule has 1 aromatic carbocycles. The first-order valence-corrected chi connectivity index (χ1v) is 11.9. The maximum atomic E-state index is 14.1. The summed E-state index contributed by atoms with van der Waals surface area (Å²) in [5.41, 5.74) is 1.18. The van der Waals surface area contributed by atoms with Crippen LogP contribution in [0.4, 0.5) is 15.0 Å². The van der Waals surface area contributed by atoms with Crippen LogP contribution in [0.5, 0.6) is 0 Å². The molecule has 10 heteroatoms. The molecule has 0 radical (unpaired) electrons. The molecular weight excluding hydrogens is 475 g/mol. The fourth-order valence-corrected chi connectivity index (χ4v) is 5.08. The summed E-state index contributed by atoms with van der Waals surface area (Å²) in [7, 11) is 1.48. The van der Waals surface area contributed by atoms with Gasteiger partial charge in [0.1, 0.15) is 11.6 Å². The Kier molecular flexibility index (Phi) is 7.25. The third kappa shape index (κ3) is 5.24. The van der Waals surface area contributed by atoms with Gasteiger partial charge in [-0.2, -0.15) is 0 Å². The SMILES string of the molecule is CC(=O)c1ccc(N2CCC(C(=O)N3C[C@@H](N(C)C(=O)O)[C@H](c4ccc(Cl)c(F)c4)C3)CC2)nc1. The molecule has 2 amide bonds. The maximum Gasteiger partial charge on any atom is 0.407 e. The number of Topliss-reactive ketones (excluding diaryl/α,β-unsaturated/α-hetero) is 1. The lowest BCUT2D eigenvalue weighted by Gasteiger charge is -2.34. The number of likely N-dealkylation sites (N-methyl/N-ethyl adjacent to an activating group) is 1. The van der Waals surface area contributed by atoms with Gasteiger partial charge < -0.3 is 19.8 Å². The van der Waals surface area contributed by atoms with Crippen molar-refractivity contribution >= 4 is 35.2 Å². The summed E-state index contributed by atoms with van der Waals surface area (Å²) in [5, 5.41) is 9.56. The smallest absolute Gasteiger partial charge is 0.407 e. The first kappa shape index (κ1) is 24.9. The van der Waals surface area contributed by atoms with E-state index < -0.39 is 18.0 Å². The summed E-state index contributed by atoms with van der Waals surface area (Å²) in [6, 6.07) is 7.57. The van der Waals surface area contributed by atoms with Gasteiger partial charge in [0.25, 0.3) is 0 Å². The molecule has 2 aliphatic rings. The molecular formula is C25H28ClFN4O4. The van der Waals surface area contributed by atoms with Gasteiger partial charge in [-0.1, -0.05) is 17.7 Å². The highest BCUT2D eigenvalue weighted by molar-refractivity contribution is 6.30. The van der Waals surface area contributed by atoms with Gasteiger partial charge in [-0.15, -0.1) is 0 Å². The molecule has 0 saturated carbocycles. The van der Waals surface area contributed by atoms with Crippen LogP contribution >= 0.6 is 11.6 Å². The van der Waals surface area contributed by atoms with E-state index in [9.17, 15) is 23.9 Å². The van der Waals surface area contributed by atoms with Crippen molar-refractivity contribution in [3.63, 3.8) is 0 Å². The van der Waals surface area contributed by atoms with Gasteiger partial charge in [-0.05, 0) is 49.6 Å². The molecule has 0 bridgehead atoms. The van der Waals surface area contributed by atoms with Crippen LogP contribution in [0.25, 0.3) is 0 Å². The van der Waals surface area contributed by atoms with Crippen LogP contribution in [0.1, 0.15) is 41.6 Å². The van der Waals surface area contributed by atoms with Gasteiger partial charge in [-0.25, -0.2) is 14.2 Å². The fourth-order valence-electron chi connectivity index (χ4n) is 4.97. The van der Waals surface area contributed by atoms with Gasteiger partial charge in [0, 0.05) is 56.8 Å². The van der Waals surface area contributed by atoms with E-state index in [1.54, 1.807) is 23.2 Å². The molecule has 1 aromatic heterocycles. The first-order valence-electron chi connectivity index (χ1n) is 11.6. The Morgan fingerprint density at radius 1 is 1.14 bits per heavy atom. The number of hydrogen-bond acceptors (Lipinski definition) is 5. The molecule has 0 unspecified atom stereocenters. The third-order valence-electron chi connectivity index (χ3n) is 7.09. The third-order valence-corrected chi connectivity index (χ3v) is 7.40. The van der Waals surface area contributed by atoms with Crippen molar-refractivity contribution in [3.05, 3.63) is 58.5 Å². The van der Waals surface area contributed by atoms with Crippen molar-refractivity contribution in [1.29, 1.82) is 0 Å². The minimum Gasteiger partial charge on any atom is -0.465 e. The number of rotatable bonds is 5.